The second kappa shape index (κ2) is 6.43. The van der Waals surface area contributed by atoms with E-state index in [4.69, 9.17) is 34.3 Å². The lowest BCUT2D eigenvalue weighted by atomic mass is 10.1. The van der Waals surface area contributed by atoms with Gasteiger partial charge in [0.15, 0.2) is 0 Å². The van der Waals surface area contributed by atoms with E-state index >= 15 is 0 Å². The number of nitrogens with one attached hydrogen (secondary N) is 1. The molecule has 3 nitrogen and oxygen atoms in total. The van der Waals surface area contributed by atoms with Crippen molar-refractivity contribution in [1.82, 2.24) is 0 Å². The van der Waals surface area contributed by atoms with E-state index in [9.17, 15) is 0 Å². The topological polar surface area (TPSA) is 47.3 Å². The molecule has 2 aromatic rings. The normalized spacial score (nSPS) is 10.2. The van der Waals surface area contributed by atoms with Crippen molar-refractivity contribution in [2.24, 2.45) is 5.73 Å². The summed E-state index contributed by atoms with van der Waals surface area (Å²) in [5.41, 5.74) is 7.94. The molecule has 0 aromatic heterocycles. The predicted molar refractivity (Wildman–Crippen MR) is 91.3 cm³/mol. The van der Waals surface area contributed by atoms with Crippen molar-refractivity contribution in [1.29, 1.82) is 0 Å². The lowest BCUT2D eigenvalue weighted by Gasteiger charge is -2.14. The zero-order chi connectivity index (χ0) is 14.7. The summed E-state index contributed by atoms with van der Waals surface area (Å²) in [6.07, 6.45) is 0. The van der Waals surface area contributed by atoms with Gasteiger partial charge < -0.3 is 15.8 Å². The van der Waals surface area contributed by atoms with Crippen molar-refractivity contribution in [2.45, 2.75) is 0 Å². The molecule has 0 saturated heterocycles. The summed E-state index contributed by atoms with van der Waals surface area (Å²) in [4.78, 5) is 0.247. The van der Waals surface area contributed by atoms with Gasteiger partial charge >= 0.3 is 0 Å². The highest BCUT2D eigenvalue weighted by molar-refractivity contribution is 9.10. The zero-order valence-corrected chi connectivity index (χ0v) is 13.8. The van der Waals surface area contributed by atoms with Gasteiger partial charge in [0.2, 0.25) is 0 Å². The average molecular weight is 372 g/mol. The van der Waals surface area contributed by atoms with E-state index in [1.54, 1.807) is 13.2 Å². The third-order valence-electron chi connectivity index (χ3n) is 2.70. The first-order chi connectivity index (χ1) is 9.52. The first-order valence-electron chi connectivity index (χ1n) is 5.72. The van der Waals surface area contributed by atoms with Gasteiger partial charge in [-0.05, 0) is 40.2 Å². The van der Waals surface area contributed by atoms with Crippen LogP contribution in [0.15, 0.2) is 40.9 Å². The van der Waals surface area contributed by atoms with Crippen molar-refractivity contribution in [3.8, 4) is 5.75 Å². The molecule has 0 aliphatic heterocycles. The van der Waals surface area contributed by atoms with Crippen molar-refractivity contribution in [2.75, 3.05) is 12.4 Å². The molecule has 0 amide bonds. The van der Waals surface area contributed by atoms with Crippen LogP contribution in [0, 0.1) is 0 Å². The first-order valence-corrected chi connectivity index (χ1v) is 7.29. The Bertz CT molecular complexity index is 664. The third-order valence-corrected chi connectivity index (χ3v) is 3.91. The van der Waals surface area contributed by atoms with Crippen LogP contribution in [0.1, 0.15) is 5.56 Å². The van der Waals surface area contributed by atoms with Crippen molar-refractivity contribution in [3.05, 3.63) is 51.5 Å². The molecule has 20 heavy (non-hydrogen) atoms. The lowest BCUT2D eigenvalue weighted by molar-refractivity contribution is 0.415. The summed E-state index contributed by atoms with van der Waals surface area (Å²) in [5.74, 6) is 0.745. The quantitative estimate of drug-likeness (QED) is 0.777. The number of halogens is 2. The number of anilines is 2. The highest BCUT2D eigenvalue weighted by atomic mass is 79.9. The predicted octanol–water partition coefficient (Wildman–Crippen LogP) is 4.49. The molecule has 3 N–H and O–H groups in total. The highest BCUT2D eigenvalue weighted by Crippen LogP contribution is 2.32. The molecule has 0 aliphatic rings. The maximum absolute atomic E-state index is 6.15. The SMILES string of the molecule is COc1ccc(Br)c(Nc2cccc(Cl)c2C(N)=S)c1. The van der Waals surface area contributed by atoms with Gasteiger partial charge in [0.1, 0.15) is 10.7 Å². The Balaban J connectivity index is 2.45. The largest absolute Gasteiger partial charge is 0.497 e. The van der Waals surface area contributed by atoms with Crippen LogP contribution in [-0.2, 0) is 0 Å². The number of thiocarbonyl (C=S) groups is 1. The van der Waals surface area contributed by atoms with Crippen LogP contribution in [0.5, 0.6) is 5.75 Å². The fourth-order valence-electron chi connectivity index (χ4n) is 1.75. The number of hydrogen-bond acceptors (Lipinski definition) is 3. The Morgan fingerprint density at radius 1 is 1.30 bits per heavy atom. The molecular weight excluding hydrogens is 360 g/mol. The van der Waals surface area contributed by atoms with Crippen LogP contribution in [0.3, 0.4) is 0 Å². The van der Waals surface area contributed by atoms with Gasteiger partial charge in [0, 0.05) is 10.5 Å². The second-order valence-corrected chi connectivity index (χ2v) is 5.70. The maximum Gasteiger partial charge on any atom is 0.121 e. The monoisotopic (exact) mass is 370 g/mol. The molecule has 0 radical (unpaired) electrons. The fraction of sp³-hybridized carbons (Fsp3) is 0.0714. The van der Waals surface area contributed by atoms with Crippen LogP contribution in [-0.4, -0.2) is 12.1 Å². The number of ether oxygens (including phenoxy) is 1. The standard InChI is InChI=1S/C14H12BrClN2OS/c1-19-8-5-6-9(15)12(7-8)18-11-4-2-3-10(16)13(11)14(17)20/h2-7,18H,1H3,(H2,17,20). The van der Waals surface area contributed by atoms with Crippen LogP contribution in [0.2, 0.25) is 5.02 Å². The van der Waals surface area contributed by atoms with Gasteiger partial charge in [-0.15, -0.1) is 0 Å². The molecule has 0 fully saturated rings. The number of methoxy groups -OCH3 is 1. The van der Waals surface area contributed by atoms with E-state index in [0.29, 0.717) is 10.6 Å². The Labute approximate surface area is 136 Å². The van der Waals surface area contributed by atoms with Gasteiger partial charge in [-0.1, -0.05) is 29.9 Å². The molecule has 104 valence electrons. The third kappa shape index (κ3) is 3.23. The summed E-state index contributed by atoms with van der Waals surface area (Å²) in [6.45, 7) is 0. The summed E-state index contributed by atoms with van der Waals surface area (Å²) < 4.78 is 6.11. The zero-order valence-electron chi connectivity index (χ0n) is 10.6. The molecule has 0 heterocycles. The van der Waals surface area contributed by atoms with E-state index in [-0.39, 0.29) is 4.99 Å². The number of hydrogen-bond donors (Lipinski definition) is 2. The maximum atomic E-state index is 6.15. The lowest BCUT2D eigenvalue weighted by Crippen LogP contribution is -2.12. The minimum absolute atomic E-state index is 0.247. The molecule has 0 bridgehead atoms. The smallest absolute Gasteiger partial charge is 0.121 e. The molecule has 0 atom stereocenters. The van der Waals surface area contributed by atoms with Crippen molar-refractivity contribution < 1.29 is 4.74 Å². The molecule has 0 spiro atoms. The number of benzene rings is 2. The molecular formula is C14H12BrClN2OS. The fourth-order valence-corrected chi connectivity index (χ4v) is 2.65. The molecule has 0 saturated carbocycles. The molecule has 2 aromatic carbocycles. The Morgan fingerprint density at radius 2 is 2.05 bits per heavy atom. The van der Waals surface area contributed by atoms with Crippen molar-refractivity contribution >= 4 is 56.1 Å². The van der Waals surface area contributed by atoms with Crippen LogP contribution in [0.4, 0.5) is 11.4 Å². The van der Waals surface area contributed by atoms with E-state index in [0.717, 1.165) is 21.6 Å². The first kappa shape index (κ1) is 15.1. The Hall–Kier alpha value is -1.30. The minimum atomic E-state index is 0.247. The summed E-state index contributed by atoms with van der Waals surface area (Å²) in [5, 5.41) is 3.77. The van der Waals surface area contributed by atoms with Gasteiger partial charge in [-0.3, -0.25) is 0 Å². The average Bonchev–Trinajstić information content (AvgIpc) is 2.41. The molecule has 0 aliphatic carbocycles. The summed E-state index contributed by atoms with van der Waals surface area (Å²) >= 11 is 14.7. The summed E-state index contributed by atoms with van der Waals surface area (Å²) in [6, 6.07) is 11.1. The van der Waals surface area contributed by atoms with Gasteiger partial charge in [-0.25, -0.2) is 0 Å². The number of nitrogens with two attached hydrogens (primary N) is 1. The number of rotatable bonds is 4. The van der Waals surface area contributed by atoms with Crippen LogP contribution in [0.25, 0.3) is 0 Å². The van der Waals surface area contributed by atoms with E-state index in [2.05, 4.69) is 21.2 Å². The van der Waals surface area contributed by atoms with Gasteiger partial charge in [0.05, 0.1) is 29.1 Å². The van der Waals surface area contributed by atoms with E-state index in [1.165, 1.54) is 0 Å². The van der Waals surface area contributed by atoms with Gasteiger partial charge in [-0.2, -0.15) is 0 Å². The molecule has 6 heteroatoms. The van der Waals surface area contributed by atoms with Crippen LogP contribution >= 0.6 is 39.7 Å². The Morgan fingerprint density at radius 3 is 2.70 bits per heavy atom. The second-order valence-electron chi connectivity index (χ2n) is 4.00. The summed E-state index contributed by atoms with van der Waals surface area (Å²) in [7, 11) is 1.62. The molecule has 0 unspecified atom stereocenters. The highest BCUT2D eigenvalue weighted by Gasteiger charge is 2.11. The molecule has 2 rings (SSSR count). The Kier molecular flexibility index (Phi) is 4.86. The van der Waals surface area contributed by atoms with Gasteiger partial charge in [0.25, 0.3) is 0 Å². The van der Waals surface area contributed by atoms with E-state index in [1.807, 2.05) is 30.3 Å². The van der Waals surface area contributed by atoms with Crippen LogP contribution < -0.4 is 15.8 Å². The van der Waals surface area contributed by atoms with E-state index < -0.39 is 0 Å². The van der Waals surface area contributed by atoms with Crippen molar-refractivity contribution in [3.63, 3.8) is 0 Å². The minimum Gasteiger partial charge on any atom is -0.497 e.